The molecule has 0 aliphatic heterocycles. The van der Waals surface area contributed by atoms with Crippen molar-refractivity contribution in [1.82, 2.24) is 9.97 Å². The van der Waals surface area contributed by atoms with E-state index in [0.29, 0.717) is 11.7 Å². The van der Waals surface area contributed by atoms with E-state index in [-0.39, 0.29) is 0 Å². The van der Waals surface area contributed by atoms with Gasteiger partial charge in [-0.1, -0.05) is 34.6 Å². The van der Waals surface area contributed by atoms with Gasteiger partial charge < -0.3 is 10.2 Å². The highest BCUT2D eigenvalue weighted by atomic mass is 32.1. The summed E-state index contributed by atoms with van der Waals surface area (Å²) in [6.45, 7) is 10.3. The van der Waals surface area contributed by atoms with Gasteiger partial charge in [0.15, 0.2) is 6.39 Å². The average molecular weight is 269 g/mol. The highest BCUT2D eigenvalue weighted by molar-refractivity contribution is 7.10. The molecule has 0 bridgehead atoms. The highest BCUT2D eigenvalue weighted by Gasteiger charge is 2.01. The molecule has 0 aliphatic carbocycles. The predicted molar refractivity (Wildman–Crippen MR) is 77.8 cm³/mol. The largest absolute Gasteiger partial charge is 0.451 e. The van der Waals surface area contributed by atoms with Gasteiger partial charge in [-0.05, 0) is 6.42 Å². The SMILES string of the molecule is CC.CC(C)c1nc(N)cs1.CCc1cocn1. The lowest BCUT2D eigenvalue weighted by atomic mass is 10.2. The van der Waals surface area contributed by atoms with Crippen molar-refractivity contribution < 1.29 is 4.42 Å². The van der Waals surface area contributed by atoms with Crippen molar-refractivity contribution >= 4 is 17.2 Å². The predicted octanol–water partition coefficient (Wildman–Crippen LogP) is 4.11. The maximum atomic E-state index is 5.42. The van der Waals surface area contributed by atoms with Crippen LogP contribution in [-0.4, -0.2) is 9.97 Å². The zero-order valence-electron chi connectivity index (χ0n) is 11.8. The first-order valence-electron chi connectivity index (χ1n) is 6.21. The highest BCUT2D eigenvalue weighted by Crippen LogP contribution is 2.19. The Bertz CT molecular complexity index is 396. The fourth-order valence-corrected chi connectivity index (χ4v) is 1.70. The zero-order valence-corrected chi connectivity index (χ0v) is 12.6. The molecular formula is C13H23N3OS. The van der Waals surface area contributed by atoms with E-state index < -0.39 is 0 Å². The molecule has 2 aromatic rings. The number of hydrogen-bond acceptors (Lipinski definition) is 5. The molecule has 102 valence electrons. The molecule has 5 heteroatoms. The molecule has 4 nitrogen and oxygen atoms in total. The molecule has 0 radical (unpaired) electrons. The minimum Gasteiger partial charge on any atom is -0.451 e. The first-order chi connectivity index (χ1) is 8.63. The Balaban J connectivity index is 0.000000289. The molecule has 0 fully saturated rings. The molecule has 2 aromatic heterocycles. The minimum atomic E-state index is 0.507. The average Bonchev–Trinajstić information content (AvgIpc) is 3.03. The molecule has 18 heavy (non-hydrogen) atoms. The van der Waals surface area contributed by atoms with Crippen LogP contribution in [0.2, 0.25) is 0 Å². The summed E-state index contributed by atoms with van der Waals surface area (Å²) in [4.78, 5) is 7.97. The van der Waals surface area contributed by atoms with E-state index in [0.717, 1.165) is 17.1 Å². The van der Waals surface area contributed by atoms with E-state index in [9.17, 15) is 0 Å². The normalized spacial score (nSPS) is 9.22. The Hall–Kier alpha value is -1.36. The van der Waals surface area contributed by atoms with E-state index >= 15 is 0 Å². The third-order valence-electron chi connectivity index (χ3n) is 1.88. The number of aryl methyl sites for hydroxylation is 1. The fourth-order valence-electron chi connectivity index (χ4n) is 0.978. The van der Waals surface area contributed by atoms with Crippen LogP contribution in [0.25, 0.3) is 0 Å². The number of anilines is 1. The lowest BCUT2D eigenvalue weighted by Crippen LogP contribution is -1.87. The van der Waals surface area contributed by atoms with Gasteiger partial charge in [0, 0.05) is 11.3 Å². The van der Waals surface area contributed by atoms with Crippen LogP contribution in [0.3, 0.4) is 0 Å². The van der Waals surface area contributed by atoms with Crippen LogP contribution in [0.15, 0.2) is 22.5 Å². The van der Waals surface area contributed by atoms with Gasteiger partial charge in [0.1, 0.15) is 12.1 Å². The van der Waals surface area contributed by atoms with Crippen LogP contribution in [0, 0.1) is 0 Å². The van der Waals surface area contributed by atoms with Gasteiger partial charge in [-0.25, -0.2) is 9.97 Å². The number of nitrogens with zero attached hydrogens (tertiary/aromatic N) is 2. The molecule has 0 amide bonds. The van der Waals surface area contributed by atoms with Gasteiger partial charge in [0.25, 0.3) is 0 Å². The molecule has 0 saturated heterocycles. The van der Waals surface area contributed by atoms with Crippen molar-refractivity contribution in [2.75, 3.05) is 5.73 Å². The molecule has 0 saturated carbocycles. The number of aromatic nitrogens is 2. The van der Waals surface area contributed by atoms with Crippen LogP contribution in [0.1, 0.15) is 51.2 Å². The van der Waals surface area contributed by atoms with Crippen molar-refractivity contribution in [2.24, 2.45) is 0 Å². The summed E-state index contributed by atoms with van der Waals surface area (Å²) in [6, 6.07) is 0. The number of oxazole rings is 1. The lowest BCUT2D eigenvalue weighted by molar-refractivity contribution is 0.556. The first kappa shape index (κ1) is 16.6. The first-order valence-corrected chi connectivity index (χ1v) is 7.09. The van der Waals surface area contributed by atoms with Crippen molar-refractivity contribution in [1.29, 1.82) is 0 Å². The topological polar surface area (TPSA) is 64.9 Å². The van der Waals surface area contributed by atoms with Gasteiger partial charge in [-0.3, -0.25) is 0 Å². The summed E-state index contributed by atoms with van der Waals surface area (Å²) in [7, 11) is 0. The van der Waals surface area contributed by atoms with E-state index in [1.54, 1.807) is 17.6 Å². The van der Waals surface area contributed by atoms with E-state index in [2.05, 4.69) is 23.8 Å². The monoisotopic (exact) mass is 269 g/mol. The van der Waals surface area contributed by atoms with Gasteiger partial charge >= 0.3 is 0 Å². The molecular weight excluding hydrogens is 246 g/mol. The molecule has 2 heterocycles. The third kappa shape index (κ3) is 6.39. The summed E-state index contributed by atoms with van der Waals surface area (Å²) in [5, 5.41) is 2.99. The maximum absolute atomic E-state index is 5.42. The number of thiazole rings is 1. The molecule has 0 unspecified atom stereocenters. The van der Waals surface area contributed by atoms with Gasteiger partial charge in [0.05, 0.1) is 10.7 Å². The summed E-state index contributed by atoms with van der Waals surface area (Å²) in [5.41, 5.74) is 6.43. The molecule has 0 aliphatic rings. The van der Waals surface area contributed by atoms with E-state index in [1.165, 1.54) is 6.39 Å². The molecule has 0 aromatic carbocycles. The molecule has 0 atom stereocenters. The Morgan fingerprint density at radius 2 is 2.06 bits per heavy atom. The Labute approximate surface area is 113 Å². The maximum Gasteiger partial charge on any atom is 0.180 e. The smallest absolute Gasteiger partial charge is 0.180 e. The van der Waals surface area contributed by atoms with Gasteiger partial charge in [-0.2, -0.15) is 0 Å². The molecule has 2 N–H and O–H groups in total. The molecule has 2 rings (SSSR count). The number of nitrogen functional groups attached to an aromatic ring is 1. The Morgan fingerprint density at radius 1 is 1.39 bits per heavy atom. The Morgan fingerprint density at radius 3 is 2.28 bits per heavy atom. The van der Waals surface area contributed by atoms with Crippen molar-refractivity contribution in [2.45, 2.75) is 47.0 Å². The summed E-state index contributed by atoms with van der Waals surface area (Å²) < 4.78 is 4.69. The van der Waals surface area contributed by atoms with Gasteiger partial charge in [-0.15, -0.1) is 11.3 Å². The number of rotatable bonds is 2. The summed E-state index contributed by atoms with van der Waals surface area (Å²) in [5.74, 6) is 1.15. The molecule has 0 spiro atoms. The lowest BCUT2D eigenvalue weighted by Gasteiger charge is -1.94. The van der Waals surface area contributed by atoms with Crippen LogP contribution >= 0.6 is 11.3 Å². The van der Waals surface area contributed by atoms with Crippen molar-refractivity contribution in [3.05, 3.63) is 28.7 Å². The standard InChI is InChI=1S/C6H10N2S.C5H7NO.C2H6/c1-4(2)6-8-5(7)3-9-6;1-2-5-3-7-4-6-5;1-2/h3-4H,7H2,1-2H3;3-4H,2H2,1H3;1-2H3. The quantitative estimate of drug-likeness (QED) is 0.891. The second kappa shape index (κ2) is 9.65. The van der Waals surface area contributed by atoms with Crippen LogP contribution in [0.5, 0.6) is 0 Å². The third-order valence-corrected chi connectivity index (χ3v) is 3.04. The zero-order chi connectivity index (χ0) is 14.0. The van der Waals surface area contributed by atoms with Crippen LogP contribution in [0.4, 0.5) is 5.82 Å². The van der Waals surface area contributed by atoms with E-state index in [1.807, 2.05) is 26.2 Å². The van der Waals surface area contributed by atoms with Crippen LogP contribution < -0.4 is 5.73 Å². The summed E-state index contributed by atoms with van der Waals surface area (Å²) in [6.07, 6.45) is 4.05. The van der Waals surface area contributed by atoms with Gasteiger partial charge in [0.2, 0.25) is 0 Å². The fraction of sp³-hybridized carbons (Fsp3) is 0.538. The van der Waals surface area contributed by atoms with E-state index in [4.69, 9.17) is 10.2 Å². The minimum absolute atomic E-state index is 0.507. The van der Waals surface area contributed by atoms with Crippen molar-refractivity contribution in [3.8, 4) is 0 Å². The van der Waals surface area contributed by atoms with Crippen LogP contribution in [-0.2, 0) is 6.42 Å². The van der Waals surface area contributed by atoms with Crippen molar-refractivity contribution in [3.63, 3.8) is 0 Å². The Kier molecular flexibility index (Phi) is 8.92. The second-order valence-corrected chi connectivity index (χ2v) is 4.49. The number of nitrogens with two attached hydrogens (primary N) is 1. The summed E-state index contributed by atoms with van der Waals surface area (Å²) >= 11 is 1.62. The second-order valence-electron chi connectivity index (χ2n) is 3.60. The number of hydrogen-bond donors (Lipinski definition) is 1.